The van der Waals surface area contributed by atoms with Crippen molar-refractivity contribution in [3.63, 3.8) is 0 Å². The molecular weight excluding hydrogens is 464 g/mol. The SMILES string of the molecule is CC[C@H](NS(=O)(=O)c1ccc(SC)c(C(=O)N2CCCCCC2)c1)c1ccc2c(c1)CCCC2. The van der Waals surface area contributed by atoms with Gasteiger partial charge < -0.3 is 4.90 Å². The van der Waals surface area contributed by atoms with Crippen LogP contribution in [0.1, 0.15) is 85.0 Å². The fourth-order valence-corrected chi connectivity index (χ4v) is 6.98. The van der Waals surface area contributed by atoms with E-state index in [1.165, 1.54) is 35.7 Å². The van der Waals surface area contributed by atoms with Gasteiger partial charge in [0.1, 0.15) is 0 Å². The predicted molar refractivity (Wildman–Crippen MR) is 139 cm³/mol. The lowest BCUT2D eigenvalue weighted by atomic mass is 9.89. The number of rotatable bonds is 7. The molecule has 0 spiro atoms. The zero-order valence-corrected chi connectivity index (χ0v) is 21.9. The largest absolute Gasteiger partial charge is 0.339 e. The van der Waals surface area contributed by atoms with E-state index in [2.05, 4.69) is 22.9 Å². The van der Waals surface area contributed by atoms with Gasteiger partial charge in [0.15, 0.2) is 0 Å². The van der Waals surface area contributed by atoms with Crippen LogP contribution in [0.5, 0.6) is 0 Å². The summed E-state index contributed by atoms with van der Waals surface area (Å²) < 4.78 is 29.8. The molecule has 0 radical (unpaired) electrons. The summed E-state index contributed by atoms with van der Waals surface area (Å²) in [7, 11) is -3.79. The molecule has 1 aliphatic carbocycles. The van der Waals surface area contributed by atoms with Crippen LogP contribution in [-0.4, -0.2) is 38.6 Å². The van der Waals surface area contributed by atoms with Crippen LogP contribution >= 0.6 is 11.8 Å². The molecule has 5 nitrogen and oxygen atoms in total. The van der Waals surface area contributed by atoms with Gasteiger partial charge in [-0.05, 0) is 86.1 Å². The maximum atomic E-state index is 13.4. The number of sulfonamides is 1. The number of amides is 1. The van der Waals surface area contributed by atoms with Crippen molar-refractivity contribution >= 4 is 27.7 Å². The van der Waals surface area contributed by atoms with E-state index in [9.17, 15) is 13.2 Å². The average molecular weight is 501 g/mol. The molecule has 4 rings (SSSR count). The summed E-state index contributed by atoms with van der Waals surface area (Å²) in [5.41, 5.74) is 4.22. The molecule has 0 bridgehead atoms. The van der Waals surface area contributed by atoms with Crippen LogP contribution in [0.3, 0.4) is 0 Å². The van der Waals surface area contributed by atoms with Gasteiger partial charge in [-0.2, -0.15) is 0 Å². The third kappa shape index (κ3) is 5.69. The third-order valence-electron chi connectivity index (χ3n) is 7.09. The number of hydrogen-bond donors (Lipinski definition) is 1. The fourth-order valence-electron chi connectivity index (χ4n) is 5.08. The number of carbonyl (C=O) groups is 1. The van der Waals surface area contributed by atoms with Crippen LogP contribution in [0.4, 0.5) is 0 Å². The lowest BCUT2D eigenvalue weighted by molar-refractivity contribution is 0.0758. The average Bonchev–Trinajstić information content (AvgIpc) is 3.16. The second-order valence-corrected chi connectivity index (χ2v) is 11.9. The van der Waals surface area contributed by atoms with Gasteiger partial charge >= 0.3 is 0 Å². The summed E-state index contributed by atoms with van der Waals surface area (Å²) in [6.45, 7) is 3.47. The Labute approximate surface area is 208 Å². The molecule has 1 amide bonds. The number of thioether (sulfide) groups is 1. The molecule has 1 N–H and O–H groups in total. The minimum absolute atomic E-state index is 0.0648. The second-order valence-electron chi connectivity index (χ2n) is 9.39. The Morgan fingerprint density at radius 2 is 1.68 bits per heavy atom. The summed E-state index contributed by atoms with van der Waals surface area (Å²) in [6.07, 6.45) is 11.4. The summed E-state index contributed by atoms with van der Waals surface area (Å²) in [6, 6.07) is 11.0. The lowest BCUT2D eigenvalue weighted by Gasteiger charge is -2.23. The molecule has 1 atom stereocenters. The van der Waals surface area contributed by atoms with Crippen molar-refractivity contribution in [1.29, 1.82) is 0 Å². The number of nitrogens with zero attached hydrogens (tertiary/aromatic N) is 1. The zero-order chi connectivity index (χ0) is 24.1. The third-order valence-corrected chi connectivity index (χ3v) is 9.35. The number of fused-ring (bicyclic) bond motifs is 1. The molecule has 1 aliphatic heterocycles. The minimum atomic E-state index is -3.79. The highest BCUT2D eigenvalue weighted by Gasteiger charge is 2.26. The quantitative estimate of drug-likeness (QED) is 0.493. The number of carbonyl (C=O) groups excluding carboxylic acids is 1. The van der Waals surface area contributed by atoms with E-state index in [4.69, 9.17) is 0 Å². The first-order chi connectivity index (χ1) is 16.4. The maximum absolute atomic E-state index is 13.4. The van der Waals surface area contributed by atoms with Crippen molar-refractivity contribution in [3.05, 3.63) is 58.7 Å². The molecule has 184 valence electrons. The van der Waals surface area contributed by atoms with Gasteiger partial charge in [-0.25, -0.2) is 13.1 Å². The van der Waals surface area contributed by atoms with Crippen LogP contribution in [0, 0.1) is 0 Å². The zero-order valence-electron chi connectivity index (χ0n) is 20.3. The van der Waals surface area contributed by atoms with Gasteiger partial charge in [-0.15, -0.1) is 11.8 Å². The van der Waals surface area contributed by atoms with Gasteiger partial charge in [0.2, 0.25) is 10.0 Å². The topological polar surface area (TPSA) is 66.5 Å². The first-order valence-corrected chi connectivity index (χ1v) is 15.2. The fraction of sp³-hybridized carbons (Fsp3) is 0.519. The normalized spacial score (nSPS) is 17.6. The van der Waals surface area contributed by atoms with Crippen molar-refractivity contribution in [3.8, 4) is 0 Å². The summed E-state index contributed by atoms with van der Waals surface area (Å²) in [5, 5.41) is 0. The first kappa shape index (κ1) is 25.3. The second kappa shape index (κ2) is 11.3. The Morgan fingerprint density at radius 1 is 0.971 bits per heavy atom. The van der Waals surface area contributed by atoms with E-state index >= 15 is 0 Å². The number of benzene rings is 2. The Morgan fingerprint density at radius 3 is 2.35 bits per heavy atom. The van der Waals surface area contributed by atoms with Gasteiger partial charge in [-0.1, -0.05) is 38.0 Å². The highest BCUT2D eigenvalue weighted by atomic mass is 32.2. The molecule has 2 aromatic carbocycles. The minimum Gasteiger partial charge on any atom is -0.339 e. The van der Waals surface area contributed by atoms with Crippen molar-refractivity contribution in [2.45, 2.75) is 80.5 Å². The maximum Gasteiger partial charge on any atom is 0.255 e. The highest BCUT2D eigenvalue weighted by Crippen LogP contribution is 2.29. The molecular formula is C27H36N2O3S2. The molecule has 7 heteroatoms. The summed E-state index contributed by atoms with van der Waals surface area (Å²) in [4.78, 5) is 16.2. The molecule has 2 aliphatic rings. The van der Waals surface area contributed by atoms with E-state index in [1.54, 1.807) is 18.2 Å². The van der Waals surface area contributed by atoms with Gasteiger partial charge in [0.25, 0.3) is 5.91 Å². The van der Waals surface area contributed by atoms with Gasteiger partial charge in [0.05, 0.1) is 10.5 Å². The van der Waals surface area contributed by atoms with E-state index < -0.39 is 10.0 Å². The van der Waals surface area contributed by atoms with E-state index in [-0.39, 0.29) is 16.8 Å². The van der Waals surface area contributed by atoms with Crippen molar-refractivity contribution in [1.82, 2.24) is 9.62 Å². The number of likely N-dealkylation sites (tertiary alicyclic amines) is 1. The molecule has 34 heavy (non-hydrogen) atoms. The van der Waals surface area contributed by atoms with E-state index in [1.807, 2.05) is 18.1 Å². The molecule has 1 heterocycles. The van der Waals surface area contributed by atoms with Crippen molar-refractivity contribution in [2.24, 2.45) is 0 Å². The Hall–Kier alpha value is -1.83. The van der Waals surface area contributed by atoms with Crippen LogP contribution in [0.2, 0.25) is 0 Å². The molecule has 0 unspecified atom stereocenters. The van der Waals surface area contributed by atoms with Gasteiger partial charge in [-0.3, -0.25) is 4.79 Å². The number of aryl methyl sites for hydroxylation is 2. The van der Waals surface area contributed by atoms with E-state index in [0.717, 1.165) is 62.1 Å². The molecule has 2 aromatic rings. The Kier molecular flexibility index (Phi) is 8.38. The summed E-state index contributed by atoms with van der Waals surface area (Å²) in [5.74, 6) is -0.0648. The first-order valence-electron chi connectivity index (χ1n) is 12.5. The van der Waals surface area contributed by atoms with Crippen molar-refractivity contribution in [2.75, 3.05) is 19.3 Å². The molecule has 0 saturated carbocycles. The standard InChI is InChI=1S/C27H36N2O3S2/c1-3-25(22-13-12-20-10-6-7-11-21(20)18-22)28-34(31,32)23-14-15-26(33-2)24(19-23)27(30)29-16-8-4-5-9-17-29/h12-15,18-19,25,28H,3-11,16-17H2,1-2H3/t25-/m0/s1. The van der Waals surface area contributed by atoms with Crippen LogP contribution in [0.25, 0.3) is 0 Å². The van der Waals surface area contributed by atoms with Crippen molar-refractivity contribution < 1.29 is 13.2 Å². The van der Waals surface area contributed by atoms with Crippen LogP contribution in [0.15, 0.2) is 46.2 Å². The summed E-state index contributed by atoms with van der Waals surface area (Å²) >= 11 is 1.48. The Balaban J connectivity index is 1.59. The monoisotopic (exact) mass is 500 g/mol. The molecule has 0 aromatic heterocycles. The number of nitrogens with one attached hydrogen (secondary N) is 1. The smallest absolute Gasteiger partial charge is 0.255 e. The Bertz CT molecular complexity index is 1120. The molecule has 1 fully saturated rings. The number of hydrogen-bond acceptors (Lipinski definition) is 4. The van der Waals surface area contributed by atoms with Crippen LogP contribution in [-0.2, 0) is 22.9 Å². The molecule has 1 saturated heterocycles. The lowest BCUT2D eigenvalue weighted by Crippen LogP contribution is -2.33. The predicted octanol–water partition coefficient (Wildman–Crippen LogP) is 5.73. The van der Waals surface area contributed by atoms with E-state index in [0.29, 0.717) is 12.0 Å². The highest BCUT2D eigenvalue weighted by molar-refractivity contribution is 7.98. The van der Waals surface area contributed by atoms with Crippen LogP contribution < -0.4 is 4.72 Å². The van der Waals surface area contributed by atoms with Gasteiger partial charge in [0, 0.05) is 24.0 Å².